The van der Waals surface area contributed by atoms with Gasteiger partial charge in [-0.1, -0.05) is 35.0 Å². The highest BCUT2D eigenvalue weighted by Crippen LogP contribution is 2.40. The normalized spacial score (nSPS) is 10.8. The first-order chi connectivity index (χ1) is 9.18. The van der Waals surface area contributed by atoms with Crippen LogP contribution in [0, 0.1) is 5.82 Å². The summed E-state index contributed by atoms with van der Waals surface area (Å²) < 4.78 is 19.1. The molecule has 0 radical (unpaired) electrons. The van der Waals surface area contributed by atoms with Crippen LogP contribution in [0.5, 0.6) is 0 Å². The number of hydrogen-bond acceptors (Lipinski definition) is 4. The molecule has 3 rings (SSSR count). The minimum Gasteiger partial charge on any atom is -0.367 e. The molecule has 3 nitrogen and oxygen atoms in total. The highest BCUT2D eigenvalue weighted by molar-refractivity contribution is 7.13. The Balaban J connectivity index is 2.26. The van der Waals surface area contributed by atoms with E-state index in [1.54, 1.807) is 12.1 Å². The Labute approximate surface area is 117 Å². The molecule has 2 heterocycles. The van der Waals surface area contributed by atoms with Gasteiger partial charge in [0.2, 0.25) is 5.88 Å². The Bertz CT molecular complexity index is 724. The van der Waals surface area contributed by atoms with Crippen molar-refractivity contribution in [2.75, 3.05) is 5.73 Å². The first-order valence-electron chi connectivity index (χ1n) is 5.42. The predicted octanol–water partition coefficient (Wildman–Crippen LogP) is 4.44. The van der Waals surface area contributed by atoms with Gasteiger partial charge in [-0.05, 0) is 17.5 Å². The summed E-state index contributed by atoms with van der Waals surface area (Å²) in [6.07, 6.45) is 0. The van der Waals surface area contributed by atoms with E-state index >= 15 is 0 Å². The SMILES string of the molecule is Nc1onc(-c2cccs2)c1-c1cccc(Cl)c1F. The fourth-order valence-corrected chi connectivity index (χ4v) is 2.73. The summed E-state index contributed by atoms with van der Waals surface area (Å²) in [7, 11) is 0. The lowest BCUT2D eigenvalue weighted by atomic mass is 10.0. The Morgan fingerprint density at radius 3 is 2.84 bits per heavy atom. The zero-order valence-electron chi connectivity index (χ0n) is 9.56. The van der Waals surface area contributed by atoms with Gasteiger partial charge in [0.05, 0.1) is 15.5 Å². The Hall–Kier alpha value is -1.85. The van der Waals surface area contributed by atoms with Gasteiger partial charge in [-0.2, -0.15) is 0 Å². The van der Waals surface area contributed by atoms with Crippen LogP contribution in [0.4, 0.5) is 10.3 Å². The fraction of sp³-hybridized carbons (Fsp3) is 0. The maximum atomic E-state index is 14.1. The standard InChI is InChI=1S/C13H8ClFN2OS/c14-8-4-1-3-7(11(8)15)10-12(17-18-13(10)16)9-5-2-6-19-9/h1-6H,16H2. The molecule has 0 aliphatic rings. The first kappa shape index (κ1) is 12.2. The lowest BCUT2D eigenvalue weighted by Crippen LogP contribution is -1.90. The highest BCUT2D eigenvalue weighted by atomic mass is 35.5. The van der Waals surface area contributed by atoms with Crippen molar-refractivity contribution in [3.05, 3.63) is 46.6 Å². The molecule has 0 aliphatic heterocycles. The van der Waals surface area contributed by atoms with Gasteiger partial charge in [-0.15, -0.1) is 11.3 Å². The summed E-state index contributed by atoms with van der Waals surface area (Å²) in [5.74, 6) is -0.457. The van der Waals surface area contributed by atoms with Crippen LogP contribution in [0.15, 0.2) is 40.2 Å². The number of anilines is 1. The second-order valence-electron chi connectivity index (χ2n) is 3.85. The van der Waals surface area contributed by atoms with E-state index in [9.17, 15) is 4.39 Å². The maximum absolute atomic E-state index is 14.1. The summed E-state index contributed by atoms with van der Waals surface area (Å²) in [5, 5.41) is 5.84. The largest absolute Gasteiger partial charge is 0.367 e. The lowest BCUT2D eigenvalue weighted by Gasteiger charge is -2.04. The third kappa shape index (κ3) is 2.01. The maximum Gasteiger partial charge on any atom is 0.230 e. The van der Waals surface area contributed by atoms with E-state index in [-0.39, 0.29) is 16.5 Å². The fourth-order valence-electron chi connectivity index (χ4n) is 1.84. The van der Waals surface area contributed by atoms with Crippen LogP contribution < -0.4 is 5.73 Å². The second-order valence-corrected chi connectivity index (χ2v) is 5.20. The van der Waals surface area contributed by atoms with Gasteiger partial charge in [-0.25, -0.2) is 4.39 Å². The second kappa shape index (κ2) is 4.68. The smallest absolute Gasteiger partial charge is 0.230 e. The van der Waals surface area contributed by atoms with Gasteiger partial charge in [0.1, 0.15) is 11.5 Å². The third-order valence-electron chi connectivity index (χ3n) is 2.69. The Morgan fingerprint density at radius 2 is 2.11 bits per heavy atom. The number of thiophene rings is 1. The van der Waals surface area contributed by atoms with Gasteiger partial charge in [0, 0.05) is 5.56 Å². The molecule has 0 aliphatic carbocycles. The van der Waals surface area contributed by atoms with Crippen LogP contribution in [0.1, 0.15) is 0 Å². The summed E-state index contributed by atoms with van der Waals surface area (Å²) >= 11 is 7.27. The van der Waals surface area contributed by atoms with Gasteiger partial charge in [0.25, 0.3) is 0 Å². The van der Waals surface area contributed by atoms with Gasteiger partial charge >= 0.3 is 0 Å². The van der Waals surface area contributed by atoms with Crippen molar-refractivity contribution in [1.82, 2.24) is 5.16 Å². The molecule has 0 saturated heterocycles. The molecule has 6 heteroatoms. The van der Waals surface area contributed by atoms with Crippen molar-refractivity contribution in [2.24, 2.45) is 0 Å². The number of rotatable bonds is 2. The highest BCUT2D eigenvalue weighted by Gasteiger charge is 2.21. The average Bonchev–Trinajstić information content (AvgIpc) is 3.02. The molecular weight excluding hydrogens is 287 g/mol. The van der Waals surface area contributed by atoms with Gasteiger partial charge in [-0.3, -0.25) is 0 Å². The molecule has 0 atom stereocenters. The Kier molecular flexibility index (Phi) is 3.00. The third-order valence-corrected chi connectivity index (χ3v) is 3.86. The molecule has 0 amide bonds. The number of nitrogens with zero attached hydrogens (tertiary/aromatic N) is 1. The monoisotopic (exact) mass is 294 g/mol. The molecular formula is C13H8ClFN2OS. The van der Waals surface area contributed by atoms with Crippen molar-refractivity contribution in [2.45, 2.75) is 0 Å². The molecule has 2 N–H and O–H groups in total. The molecule has 2 aromatic heterocycles. The number of nitrogen functional groups attached to an aromatic ring is 1. The number of benzene rings is 1. The molecule has 3 aromatic rings. The van der Waals surface area contributed by atoms with Crippen LogP contribution in [-0.4, -0.2) is 5.16 Å². The molecule has 0 unspecified atom stereocenters. The summed E-state index contributed by atoms with van der Waals surface area (Å²) in [4.78, 5) is 0.856. The van der Waals surface area contributed by atoms with E-state index in [0.717, 1.165) is 4.88 Å². The quantitative estimate of drug-likeness (QED) is 0.760. The average molecular weight is 295 g/mol. The molecule has 1 aromatic carbocycles. The zero-order chi connectivity index (χ0) is 13.4. The molecule has 0 saturated carbocycles. The number of nitrogens with two attached hydrogens (primary N) is 1. The summed E-state index contributed by atoms with van der Waals surface area (Å²) in [6, 6.07) is 8.48. The first-order valence-corrected chi connectivity index (χ1v) is 6.67. The predicted molar refractivity (Wildman–Crippen MR) is 74.6 cm³/mol. The van der Waals surface area contributed by atoms with Crippen LogP contribution in [0.25, 0.3) is 21.7 Å². The zero-order valence-corrected chi connectivity index (χ0v) is 11.1. The Morgan fingerprint density at radius 1 is 1.26 bits per heavy atom. The number of hydrogen-bond donors (Lipinski definition) is 1. The number of halogens is 2. The van der Waals surface area contributed by atoms with Crippen molar-refractivity contribution >= 4 is 28.8 Å². The van der Waals surface area contributed by atoms with Crippen molar-refractivity contribution in [3.8, 4) is 21.7 Å². The molecule has 0 bridgehead atoms. The van der Waals surface area contributed by atoms with Gasteiger partial charge < -0.3 is 10.3 Å². The van der Waals surface area contributed by atoms with Crippen LogP contribution >= 0.6 is 22.9 Å². The van der Waals surface area contributed by atoms with E-state index in [1.165, 1.54) is 17.4 Å². The number of aromatic nitrogens is 1. The summed E-state index contributed by atoms with van der Waals surface area (Å²) in [6.45, 7) is 0. The van der Waals surface area contributed by atoms with Gasteiger partial charge in [0.15, 0.2) is 0 Å². The van der Waals surface area contributed by atoms with Crippen LogP contribution in [-0.2, 0) is 0 Å². The molecule has 0 fully saturated rings. The molecule has 19 heavy (non-hydrogen) atoms. The lowest BCUT2D eigenvalue weighted by molar-refractivity contribution is 0.439. The summed E-state index contributed by atoms with van der Waals surface area (Å²) in [5.41, 5.74) is 7.01. The van der Waals surface area contributed by atoms with E-state index in [0.29, 0.717) is 11.3 Å². The van der Waals surface area contributed by atoms with E-state index < -0.39 is 5.82 Å². The minimum atomic E-state index is -0.531. The van der Waals surface area contributed by atoms with E-state index in [4.69, 9.17) is 21.9 Å². The van der Waals surface area contributed by atoms with E-state index in [1.807, 2.05) is 17.5 Å². The van der Waals surface area contributed by atoms with Crippen LogP contribution in [0.3, 0.4) is 0 Å². The molecule has 96 valence electrons. The van der Waals surface area contributed by atoms with Crippen molar-refractivity contribution in [3.63, 3.8) is 0 Å². The molecule has 0 spiro atoms. The minimum absolute atomic E-state index is 0.0372. The van der Waals surface area contributed by atoms with E-state index in [2.05, 4.69) is 5.16 Å². The van der Waals surface area contributed by atoms with Crippen molar-refractivity contribution in [1.29, 1.82) is 0 Å². The van der Waals surface area contributed by atoms with Crippen LogP contribution in [0.2, 0.25) is 5.02 Å². The van der Waals surface area contributed by atoms with Crippen molar-refractivity contribution < 1.29 is 8.91 Å². The topological polar surface area (TPSA) is 52.0 Å².